The highest BCUT2D eigenvalue weighted by atomic mass is 16.1. The lowest BCUT2D eigenvalue weighted by atomic mass is 10.1. The number of aryl methyl sites for hydroxylation is 1. The van der Waals surface area contributed by atoms with Crippen LogP contribution in [0.1, 0.15) is 19.4 Å². The number of nitrogens with one attached hydrogen (secondary N) is 1. The van der Waals surface area contributed by atoms with Crippen molar-refractivity contribution >= 4 is 29.2 Å². The molecule has 0 atom stereocenters. The molecule has 0 heterocycles. The van der Waals surface area contributed by atoms with Gasteiger partial charge >= 0.3 is 0 Å². The Morgan fingerprint density at radius 1 is 1.25 bits per heavy atom. The first-order chi connectivity index (χ1) is 9.29. The van der Waals surface area contributed by atoms with Crippen LogP contribution in [0.25, 0.3) is 0 Å². The van der Waals surface area contributed by atoms with Crippen molar-refractivity contribution in [3.8, 4) is 0 Å². The predicted octanol–water partition coefficient (Wildman–Crippen LogP) is 0.809. The van der Waals surface area contributed by atoms with Crippen molar-refractivity contribution < 1.29 is 4.79 Å². The zero-order valence-corrected chi connectivity index (χ0v) is 11.8. The molecule has 108 valence electrons. The van der Waals surface area contributed by atoms with Gasteiger partial charge in [-0.15, -0.1) is 0 Å². The van der Waals surface area contributed by atoms with Gasteiger partial charge in [-0.3, -0.25) is 4.79 Å². The second-order valence-electron chi connectivity index (χ2n) is 4.65. The number of nitrogens with two attached hydrogens (primary N) is 3. The Balaban J connectivity index is 3.03. The molecular weight excluding hydrogens is 256 g/mol. The number of hydrogen-bond donors (Lipinski definition) is 4. The molecule has 7 N–H and O–H groups in total. The number of guanidine groups is 2. The fourth-order valence-corrected chi connectivity index (χ4v) is 1.38. The SMILES string of the molecule is Cc1ccc(N=C(N)N=C(N)N)cc1NC(=O)C(C)C. The molecule has 0 saturated carbocycles. The Bertz CT molecular complexity index is 558. The van der Waals surface area contributed by atoms with Crippen molar-refractivity contribution in [3.63, 3.8) is 0 Å². The quantitative estimate of drug-likeness (QED) is 0.480. The number of benzene rings is 1. The monoisotopic (exact) mass is 276 g/mol. The van der Waals surface area contributed by atoms with Gasteiger partial charge in [-0.25, -0.2) is 4.99 Å². The third kappa shape index (κ3) is 4.60. The molecule has 0 aliphatic rings. The maximum Gasteiger partial charge on any atom is 0.226 e. The van der Waals surface area contributed by atoms with Crippen LogP contribution < -0.4 is 22.5 Å². The number of carbonyl (C=O) groups excluding carboxylic acids is 1. The van der Waals surface area contributed by atoms with E-state index in [1.807, 2.05) is 26.8 Å². The fourth-order valence-electron chi connectivity index (χ4n) is 1.38. The lowest BCUT2D eigenvalue weighted by Crippen LogP contribution is -2.26. The summed E-state index contributed by atoms with van der Waals surface area (Å²) in [5, 5.41) is 2.83. The molecule has 0 aliphatic heterocycles. The Kier molecular flexibility index (Phi) is 5.08. The Labute approximate surface area is 118 Å². The van der Waals surface area contributed by atoms with Gasteiger partial charge in [-0.05, 0) is 24.6 Å². The highest BCUT2D eigenvalue weighted by molar-refractivity contribution is 5.95. The van der Waals surface area contributed by atoms with E-state index >= 15 is 0 Å². The van der Waals surface area contributed by atoms with Gasteiger partial charge in [0.1, 0.15) is 0 Å². The molecule has 1 aromatic carbocycles. The first-order valence-electron chi connectivity index (χ1n) is 6.15. The summed E-state index contributed by atoms with van der Waals surface area (Å²) in [6.45, 7) is 5.54. The van der Waals surface area contributed by atoms with E-state index in [1.165, 1.54) is 0 Å². The highest BCUT2D eigenvalue weighted by Gasteiger charge is 2.09. The summed E-state index contributed by atoms with van der Waals surface area (Å²) < 4.78 is 0. The van der Waals surface area contributed by atoms with Gasteiger partial charge in [0.05, 0.1) is 5.69 Å². The lowest BCUT2D eigenvalue weighted by molar-refractivity contribution is -0.118. The molecule has 1 amide bonds. The normalized spacial score (nSPS) is 11.3. The van der Waals surface area contributed by atoms with Crippen LogP contribution in [-0.2, 0) is 4.79 Å². The van der Waals surface area contributed by atoms with Crippen LogP contribution in [0, 0.1) is 12.8 Å². The lowest BCUT2D eigenvalue weighted by Gasteiger charge is -2.11. The minimum Gasteiger partial charge on any atom is -0.370 e. The van der Waals surface area contributed by atoms with Crippen LogP contribution in [0.4, 0.5) is 11.4 Å². The summed E-state index contributed by atoms with van der Waals surface area (Å²) in [6, 6.07) is 5.30. The molecule has 0 bridgehead atoms. The summed E-state index contributed by atoms with van der Waals surface area (Å²) in [6.07, 6.45) is 0. The Hall–Kier alpha value is -2.57. The minimum atomic E-state index is -0.160. The average molecular weight is 276 g/mol. The number of hydrogen-bond acceptors (Lipinski definition) is 2. The van der Waals surface area contributed by atoms with Crippen LogP contribution >= 0.6 is 0 Å². The Morgan fingerprint density at radius 2 is 1.90 bits per heavy atom. The number of amides is 1. The van der Waals surface area contributed by atoms with Crippen molar-refractivity contribution in [3.05, 3.63) is 23.8 Å². The number of aliphatic imine (C=N–C) groups is 2. The average Bonchev–Trinajstić information content (AvgIpc) is 2.32. The first-order valence-corrected chi connectivity index (χ1v) is 6.15. The van der Waals surface area contributed by atoms with E-state index in [2.05, 4.69) is 15.3 Å². The molecule has 0 spiro atoms. The maximum absolute atomic E-state index is 11.7. The van der Waals surface area contributed by atoms with Crippen LogP contribution in [0.3, 0.4) is 0 Å². The largest absolute Gasteiger partial charge is 0.370 e. The van der Waals surface area contributed by atoms with Crippen LogP contribution in [0.2, 0.25) is 0 Å². The van der Waals surface area contributed by atoms with Crippen LogP contribution in [-0.4, -0.2) is 17.8 Å². The topological polar surface area (TPSA) is 132 Å². The van der Waals surface area contributed by atoms with Crippen LogP contribution in [0.15, 0.2) is 28.2 Å². The van der Waals surface area contributed by atoms with Gasteiger partial charge in [0.25, 0.3) is 0 Å². The third-order valence-electron chi connectivity index (χ3n) is 2.49. The second kappa shape index (κ2) is 6.55. The van der Waals surface area contributed by atoms with E-state index in [0.717, 1.165) is 5.56 Å². The second-order valence-corrected chi connectivity index (χ2v) is 4.65. The highest BCUT2D eigenvalue weighted by Crippen LogP contribution is 2.23. The summed E-state index contributed by atoms with van der Waals surface area (Å²) >= 11 is 0. The van der Waals surface area contributed by atoms with Gasteiger partial charge < -0.3 is 22.5 Å². The number of rotatable bonds is 3. The molecule has 0 fully saturated rings. The molecule has 20 heavy (non-hydrogen) atoms. The third-order valence-corrected chi connectivity index (χ3v) is 2.49. The number of nitrogens with zero attached hydrogens (tertiary/aromatic N) is 2. The summed E-state index contributed by atoms with van der Waals surface area (Å²) in [4.78, 5) is 19.4. The van der Waals surface area contributed by atoms with Gasteiger partial charge in [-0.1, -0.05) is 19.9 Å². The summed E-state index contributed by atoms with van der Waals surface area (Å²) in [5.74, 6) is -0.374. The van der Waals surface area contributed by atoms with Gasteiger partial charge in [0, 0.05) is 11.6 Å². The molecular formula is C13H20N6O. The van der Waals surface area contributed by atoms with Gasteiger partial charge in [0.15, 0.2) is 5.96 Å². The minimum absolute atomic E-state index is 0.0463. The molecule has 0 unspecified atom stereocenters. The van der Waals surface area contributed by atoms with Crippen molar-refractivity contribution in [2.75, 3.05) is 5.32 Å². The predicted molar refractivity (Wildman–Crippen MR) is 81.7 cm³/mol. The first kappa shape index (κ1) is 15.5. The van der Waals surface area contributed by atoms with E-state index in [9.17, 15) is 4.79 Å². The van der Waals surface area contributed by atoms with E-state index in [-0.39, 0.29) is 23.7 Å². The van der Waals surface area contributed by atoms with Gasteiger partial charge in [-0.2, -0.15) is 4.99 Å². The van der Waals surface area contributed by atoms with Crippen molar-refractivity contribution in [1.29, 1.82) is 0 Å². The molecule has 0 saturated heterocycles. The number of anilines is 1. The zero-order valence-electron chi connectivity index (χ0n) is 11.8. The van der Waals surface area contributed by atoms with E-state index < -0.39 is 0 Å². The molecule has 1 rings (SSSR count). The molecule has 0 aliphatic carbocycles. The molecule has 0 radical (unpaired) electrons. The van der Waals surface area contributed by atoms with Gasteiger partial charge in [0.2, 0.25) is 11.9 Å². The standard InChI is InChI=1S/C13H20N6O/c1-7(2)11(20)18-10-6-9(5-4-8(10)3)17-13(16)19-12(14)15/h4-7H,1-3H3,(H,18,20)(H6,14,15,16,17,19). The van der Waals surface area contributed by atoms with E-state index in [4.69, 9.17) is 17.2 Å². The fraction of sp³-hybridized carbons (Fsp3) is 0.308. The molecule has 7 heteroatoms. The molecule has 7 nitrogen and oxygen atoms in total. The zero-order chi connectivity index (χ0) is 15.3. The molecule has 1 aromatic rings. The van der Waals surface area contributed by atoms with E-state index in [1.54, 1.807) is 12.1 Å². The molecule has 0 aromatic heterocycles. The summed E-state index contributed by atoms with van der Waals surface area (Å²) in [7, 11) is 0. The van der Waals surface area contributed by atoms with Crippen LogP contribution in [0.5, 0.6) is 0 Å². The Morgan fingerprint density at radius 3 is 2.45 bits per heavy atom. The van der Waals surface area contributed by atoms with Crippen molar-refractivity contribution in [2.24, 2.45) is 33.1 Å². The maximum atomic E-state index is 11.7. The summed E-state index contributed by atoms with van der Waals surface area (Å²) in [5.41, 5.74) is 18.1. The smallest absolute Gasteiger partial charge is 0.226 e. The van der Waals surface area contributed by atoms with Crippen molar-refractivity contribution in [1.82, 2.24) is 0 Å². The number of carbonyl (C=O) groups is 1. The van der Waals surface area contributed by atoms with Crippen molar-refractivity contribution in [2.45, 2.75) is 20.8 Å². The van der Waals surface area contributed by atoms with E-state index in [0.29, 0.717) is 11.4 Å².